The minimum Gasteiger partial charge on any atom is -0.497 e. The Bertz CT molecular complexity index is 814. The minimum absolute atomic E-state index is 0.0805. The number of ether oxygens (including phenoxy) is 1. The molecule has 2 amide bonds. The maximum atomic E-state index is 12.3. The van der Waals surface area contributed by atoms with Gasteiger partial charge >= 0.3 is 0 Å². The smallest absolute Gasteiger partial charge is 0.226 e. The average Bonchev–Trinajstić information content (AvgIpc) is 3.23. The summed E-state index contributed by atoms with van der Waals surface area (Å²) < 4.78 is 5.16. The van der Waals surface area contributed by atoms with Crippen molar-refractivity contribution in [2.24, 2.45) is 0 Å². The van der Waals surface area contributed by atoms with E-state index < -0.39 is 0 Å². The van der Waals surface area contributed by atoms with Crippen molar-refractivity contribution in [1.82, 2.24) is 0 Å². The first kappa shape index (κ1) is 19.7. The second-order valence-corrected chi connectivity index (χ2v) is 6.91. The van der Waals surface area contributed by atoms with Crippen LogP contribution in [0.25, 0.3) is 0 Å². The highest BCUT2D eigenvalue weighted by molar-refractivity contribution is 5.95. The molecule has 2 aromatic rings. The summed E-state index contributed by atoms with van der Waals surface area (Å²) in [6.45, 7) is 4.02. The fourth-order valence-corrected chi connectivity index (χ4v) is 3.42. The molecule has 1 N–H and O–H groups in total. The number of nitrogens with one attached hydrogen (secondary N) is 1. The van der Waals surface area contributed by atoms with Crippen molar-refractivity contribution in [3.05, 3.63) is 48.5 Å². The lowest BCUT2D eigenvalue weighted by Gasteiger charge is -2.23. The van der Waals surface area contributed by atoms with Gasteiger partial charge in [0.1, 0.15) is 5.75 Å². The first-order chi connectivity index (χ1) is 13.6. The molecule has 1 fully saturated rings. The number of anilines is 3. The topological polar surface area (TPSA) is 61.9 Å². The lowest BCUT2D eigenvalue weighted by Crippen LogP contribution is -2.32. The van der Waals surface area contributed by atoms with E-state index in [2.05, 4.69) is 10.2 Å². The molecule has 6 nitrogen and oxygen atoms in total. The van der Waals surface area contributed by atoms with Crippen LogP contribution in [-0.2, 0) is 9.59 Å². The van der Waals surface area contributed by atoms with Gasteiger partial charge in [-0.05, 0) is 49.2 Å². The Morgan fingerprint density at radius 2 is 1.82 bits per heavy atom. The summed E-state index contributed by atoms with van der Waals surface area (Å²) in [5.41, 5.74) is 2.67. The second-order valence-electron chi connectivity index (χ2n) is 6.91. The molecule has 28 heavy (non-hydrogen) atoms. The summed E-state index contributed by atoms with van der Waals surface area (Å²) in [5, 5.41) is 2.85. The number of benzene rings is 2. The Balaban J connectivity index is 1.59. The van der Waals surface area contributed by atoms with Gasteiger partial charge in [-0.25, -0.2) is 0 Å². The van der Waals surface area contributed by atoms with Crippen LogP contribution in [-0.4, -0.2) is 38.6 Å². The van der Waals surface area contributed by atoms with Gasteiger partial charge in [0, 0.05) is 56.1 Å². The molecule has 1 aliphatic heterocycles. The zero-order chi connectivity index (χ0) is 19.9. The molecule has 0 spiro atoms. The summed E-state index contributed by atoms with van der Waals surface area (Å²) in [6.07, 6.45) is 2.66. The number of methoxy groups -OCH3 is 1. The van der Waals surface area contributed by atoms with E-state index in [1.807, 2.05) is 36.4 Å². The van der Waals surface area contributed by atoms with Crippen molar-refractivity contribution in [3.63, 3.8) is 0 Å². The van der Waals surface area contributed by atoms with Gasteiger partial charge in [0.2, 0.25) is 11.8 Å². The van der Waals surface area contributed by atoms with Crippen LogP contribution >= 0.6 is 0 Å². The quantitative estimate of drug-likeness (QED) is 0.795. The van der Waals surface area contributed by atoms with E-state index in [-0.39, 0.29) is 18.2 Å². The van der Waals surface area contributed by atoms with Crippen LogP contribution in [0, 0.1) is 0 Å². The zero-order valence-corrected chi connectivity index (χ0v) is 16.5. The normalized spacial score (nSPS) is 13.3. The maximum absolute atomic E-state index is 12.3. The van der Waals surface area contributed by atoms with E-state index in [0.717, 1.165) is 18.8 Å². The van der Waals surface area contributed by atoms with Crippen molar-refractivity contribution in [1.29, 1.82) is 0 Å². The third-order valence-corrected chi connectivity index (χ3v) is 4.93. The van der Waals surface area contributed by atoms with Crippen LogP contribution in [0.3, 0.4) is 0 Å². The van der Waals surface area contributed by atoms with E-state index in [0.29, 0.717) is 18.0 Å². The van der Waals surface area contributed by atoms with Crippen molar-refractivity contribution in [3.8, 4) is 5.75 Å². The van der Waals surface area contributed by atoms with Gasteiger partial charge in [-0.3, -0.25) is 9.59 Å². The van der Waals surface area contributed by atoms with Gasteiger partial charge < -0.3 is 19.9 Å². The predicted octanol–water partition coefficient (Wildman–Crippen LogP) is 3.68. The average molecular weight is 381 g/mol. The van der Waals surface area contributed by atoms with Crippen LogP contribution in [0.5, 0.6) is 5.75 Å². The summed E-state index contributed by atoms with van der Waals surface area (Å²) >= 11 is 0. The molecule has 1 heterocycles. The van der Waals surface area contributed by atoms with Crippen molar-refractivity contribution < 1.29 is 14.3 Å². The molecule has 3 rings (SSSR count). The van der Waals surface area contributed by atoms with Crippen molar-refractivity contribution in [2.75, 3.05) is 41.9 Å². The zero-order valence-electron chi connectivity index (χ0n) is 16.5. The highest BCUT2D eigenvalue weighted by Gasteiger charge is 2.16. The Morgan fingerprint density at radius 3 is 2.46 bits per heavy atom. The van der Waals surface area contributed by atoms with E-state index in [1.54, 1.807) is 24.1 Å². The van der Waals surface area contributed by atoms with Crippen LogP contribution in [0.2, 0.25) is 0 Å². The van der Waals surface area contributed by atoms with Crippen LogP contribution in [0.4, 0.5) is 17.1 Å². The van der Waals surface area contributed by atoms with E-state index in [4.69, 9.17) is 4.74 Å². The van der Waals surface area contributed by atoms with Gasteiger partial charge in [0.25, 0.3) is 0 Å². The van der Waals surface area contributed by atoms with Gasteiger partial charge in [-0.1, -0.05) is 6.07 Å². The first-order valence-corrected chi connectivity index (χ1v) is 9.64. The molecule has 1 saturated heterocycles. The molecular formula is C22H27N3O3. The monoisotopic (exact) mass is 381 g/mol. The van der Waals surface area contributed by atoms with Gasteiger partial charge in [0.05, 0.1) is 7.11 Å². The molecule has 148 valence electrons. The SMILES string of the molecule is COc1cccc(NC(=O)CCN(C(C)=O)c2ccc(N3CCCC3)cc2)c1. The fraction of sp³-hybridized carbons (Fsp3) is 0.364. The summed E-state index contributed by atoms with van der Waals surface area (Å²) in [7, 11) is 1.58. The largest absolute Gasteiger partial charge is 0.497 e. The van der Waals surface area contributed by atoms with Crippen molar-refractivity contribution in [2.45, 2.75) is 26.2 Å². The third kappa shape index (κ3) is 5.03. The summed E-state index contributed by atoms with van der Waals surface area (Å²) in [4.78, 5) is 28.4. The highest BCUT2D eigenvalue weighted by atomic mass is 16.5. The van der Waals surface area contributed by atoms with Crippen LogP contribution in [0.1, 0.15) is 26.2 Å². The molecule has 1 aliphatic rings. The summed E-state index contributed by atoms with van der Waals surface area (Å²) in [6, 6.07) is 15.2. The number of carbonyl (C=O) groups is 2. The molecule has 0 unspecified atom stereocenters. The number of nitrogens with zero attached hydrogens (tertiary/aromatic N) is 2. The molecule has 0 bridgehead atoms. The number of amides is 2. The molecule has 0 atom stereocenters. The highest BCUT2D eigenvalue weighted by Crippen LogP contribution is 2.24. The number of rotatable bonds is 7. The second kappa shape index (κ2) is 9.26. The molecule has 0 radical (unpaired) electrons. The van der Waals surface area contributed by atoms with Gasteiger partial charge in [-0.15, -0.1) is 0 Å². The Labute approximate surface area is 166 Å². The van der Waals surface area contributed by atoms with Crippen LogP contribution in [0.15, 0.2) is 48.5 Å². The Kier molecular flexibility index (Phi) is 6.53. The van der Waals surface area contributed by atoms with Crippen molar-refractivity contribution >= 4 is 28.9 Å². The number of hydrogen-bond acceptors (Lipinski definition) is 4. The number of carbonyl (C=O) groups excluding carboxylic acids is 2. The van der Waals surface area contributed by atoms with E-state index in [1.165, 1.54) is 25.5 Å². The molecule has 6 heteroatoms. The Morgan fingerprint density at radius 1 is 1.11 bits per heavy atom. The molecular weight excluding hydrogens is 354 g/mol. The lowest BCUT2D eigenvalue weighted by atomic mass is 10.2. The van der Waals surface area contributed by atoms with E-state index in [9.17, 15) is 9.59 Å². The van der Waals surface area contributed by atoms with E-state index >= 15 is 0 Å². The lowest BCUT2D eigenvalue weighted by molar-refractivity contribution is -0.117. The molecule has 0 saturated carbocycles. The predicted molar refractivity (Wildman–Crippen MR) is 112 cm³/mol. The maximum Gasteiger partial charge on any atom is 0.226 e. The van der Waals surface area contributed by atoms with Crippen LogP contribution < -0.4 is 19.9 Å². The standard InChI is InChI=1S/C22H27N3O3/c1-17(26)25(20-10-8-19(9-11-20)24-13-3-4-14-24)15-12-22(27)23-18-6-5-7-21(16-18)28-2/h5-11,16H,3-4,12-15H2,1-2H3,(H,23,27). The molecule has 0 aliphatic carbocycles. The van der Waals surface area contributed by atoms with Gasteiger partial charge in [-0.2, -0.15) is 0 Å². The first-order valence-electron chi connectivity index (χ1n) is 9.64. The molecule has 0 aromatic heterocycles. The van der Waals surface area contributed by atoms with Gasteiger partial charge in [0.15, 0.2) is 0 Å². The third-order valence-electron chi connectivity index (χ3n) is 4.93. The summed E-state index contributed by atoms with van der Waals surface area (Å²) in [5.74, 6) is 0.456. The minimum atomic E-state index is -0.145. The fourth-order valence-electron chi connectivity index (χ4n) is 3.42. The number of hydrogen-bond donors (Lipinski definition) is 1. The Hall–Kier alpha value is -3.02. The molecule has 2 aromatic carbocycles.